The molecule has 5 aromatic carbocycles. The van der Waals surface area contributed by atoms with E-state index in [9.17, 15) is 31.1 Å². The Morgan fingerprint density at radius 3 is 1.38 bits per heavy atom. The van der Waals surface area contributed by atoms with Crippen molar-refractivity contribution >= 4 is 11.5 Å². The van der Waals surface area contributed by atoms with Crippen molar-refractivity contribution in [3.05, 3.63) is 138 Å². The number of hydrogen-bond donors (Lipinski definition) is 1. The first-order valence-corrected chi connectivity index (χ1v) is 14.9. The zero-order chi connectivity index (χ0) is 35.9. The molecule has 0 saturated carbocycles. The molecule has 0 heterocycles. The Hall–Kier alpha value is -5.91. The summed E-state index contributed by atoms with van der Waals surface area (Å²) in [6, 6.07) is 30.9. The summed E-state index contributed by atoms with van der Waals surface area (Å²) in [5, 5.41) is 8.88. The summed E-state index contributed by atoms with van der Waals surface area (Å²) >= 11 is 0. The van der Waals surface area contributed by atoms with Crippen molar-refractivity contribution < 1.29 is 55.2 Å². The smallest absolute Gasteiger partial charge is 0.489 e. The van der Waals surface area contributed by atoms with Crippen molar-refractivity contribution in [1.82, 2.24) is 0 Å². The summed E-state index contributed by atoms with van der Waals surface area (Å²) in [5.74, 6) is -0.793. The molecule has 0 aromatic heterocycles. The van der Waals surface area contributed by atoms with Crippen molar-refractivity contribution in [2.75, 3.05) is 13.2 Å². The minimum Gasteiger partial charge on any atom is -0.489 e. The molecule has 0 aliphatic carbocycles. The average molecular weight is 695 g/mol. The number of hydrogen-bond acceptors (Lipinski definition) is 5. The van der Waals surface area contributed by atoms with E-state index in [1.807, 2.05) is 54.6 Å². The van der Waals surface area contributed by atoms with Crippen molar-refractivity contribution in [3.63, 3.8) is 0 Å². The molecule has 0 saturated heterocycles. The summed E-state index contributed by atoms with van der Waals surface area (Å²) in [6.07, 6.45) is -7.70. The third kappa shape index (κ3) is 10.0. The molecule has 0 atom stereocenters. The molecule has 50 heavy (non-hydrogen) atoms. The maximum Gasteiger partial charge on any atom is 0.573 e. The quantitative estimate of drug-likeness (QED) is 0.131. The first-order chi connectivity index (χ1) is 23.7. The maximum absolute atomic E-state index is 12.6. The minimum absolute atomic E-state index is 0.148. The Labute approximate surface area is 282 Å². The lowest BCUT2D eigenvalue weighted by Gasteiger charge is -2.13. The van der Waals surface area contributed by atoms with Crippen LogP contribution in [0.4, 0.5) is 26.3 Å². The molecule has 12 heteroatoms. The van der Waals surface area contributed by atoms with Gasteiger partial charge in [-0.05, 0) is 100.0 Å². The third-order valence-electron chi connectivity index (χ3n) is 7.27. The van der Waals surface area contributed by atoms with Crippen LogP contribution in [0.3, 0.4) is 0 Å². The molecule has 0 radical (unpaired) electrons. The Bertz CT molecular complexity index is 1830. The van der Waals surface area contributed by atoms with Gasteiger partial charge in [0.1, 0.15) is 29.6 Å². The molecular weight excluding hydrogens is 666 g/mol. The first-order valence-electron chi connectivity index (χ1n) is 14.9. The molecule has 258 valence electrons. The number of aryl methyl sites for hydroxylation is 1. The number of alkyl halides is 6. The number of halogens is 6. The van der Waals surface area contributed by atoms with Gasteiger partial charge < -0.3 is 24.1 Å². The van der Waals surface area contributed by atoms with Crippen LogP contribution in [-0.4, -0.2) is 37.0 Å². The Balaban J connectivity index is 1.38. The van der Waals surface area contributed by atoms with Crippen LogP contribution in [-0.2, 0) is 4.79 Å². The van der Waals surface area contributed by atoms with E-state index in [1.54, 1.807) is 25.1 Å². The van der Waals surface area contributed by atoms with Crippen molar-refractivity contribution in [2.45, 2.75) is 19.6 Å². The van der Waals surface area contributed by atoms with E-state index < -0.39 is 25.3 Å². The van der Waals surface area contributed by atoms with Crippen LogP contribution in [0, 0.1) is 6.92 Å². The second kappa shape index (κ2) is 15.1. The van der Waals surface area contributed by atoms with Crippen LogP contribution in [0.15, 0.2) is 121 Å². The SMILES string of the molecule is Cc1cc(OCC=C(c2ccc(-c3ccc(OC(F)(F)F)cc3)cc2)c2ccc(-c3ccc(OC(F)(F)F)cc3)cc2)ccc1OCC(=O)O. The molecule has 1 N–H and O–H groups in total. The fraction of sp³-hybridized carbons (Fsp3) is 0.132. The standard InChI is InChI=1S/C38H28F6O6/c1-24-22-33(18-19-35(24)48-23-36(45)46)47-21-20-34(29-6-2-25(3-7-29)27-10-14-31(15-11-27)49-37(39,40)41)30-8-4-26(5-9-30)28-12-16-32(17-13-28)50-38(42,43)44/h2-20,22H,21,23H2,1H3,(H,45,46). The highest BCUT2D eigenvalue weighted by Crippen LogP contribution is 2.32. The molecule has 0 fully saturated rings. The molecule has 0 spiro atoms. The molecule has 0 aliphatic heterocycles. The molecule has 0 amide bonds. The lowest BCUT2D eigenvalue weighted by Crippen LogP contribution is -2.16. The second-order valence-electron chi connectivity index (χ2n) is 10.8. The molecule has 0 aliphatic rings. The van der Waals surface area contributed by atoms with Crippen LogP contribution in [0.2, 0.25) is 0 Å². The third-order valence-corrected chi connectivity index (χ3v) is 7.27. The van der Waals surface area contributed by atoms with Gasteiger partial charge in [0.05, 0.1) is 0 Å². The van der Waals surface area contributed by atoms with Gasteiger partial charge in [0.2, 0.25) is 0 Å². The highest BCUT2D eigenvalue weighted by Gasteiger charge is 2.31. The number of carbonyl (C=O) groups is 1. The van der Waals surface area contributed by atoms with Crippen molar-refractivity contribution in [1.29, 1.82) is 0 Å². The Morgan fingerprint density at radius 1 is 0.600 bits per heavy atom. The minimum atomic E-state index is -4.79. The van der Waals surface area contributed by atoms with Crippen LogP contribution < -0.4 is 18.9 Å². The number of carboxylic acid groups (broad SMARTS) is 1. The molecule has 5 aromatic rings. The lowest BCUT2D eigenvalue weighted by atomic mass is 9.94. The van der Waals surface area contributed by atoms with Gasteiger partial charge in [-0.1, -0.05) is 72.8 Å². The zero-order valence-electron chi connectivity index (χ0n) is 26.2. The molecule has 6 nitrogen and oxygen atoms in total. The summed E-state index contributed by atoms with van der Waals surface area (Å²) in [4.78, 5) is 10.8. The molecule has 0 bridgehead atoms. The van der Waals surface area contributed by atoms with E-state index in [1.165, 1.54) is 48.5 Å². The number of rotatable bonds is 12. The van der Waals surface area contributed by atoms with Gasteiger partial charge in [0, 0.05) is 0 Å². The van der Waals surface area contributed by atoms with Gasteiger partial charge in [-0.15, -0.1) is 26.3 Å². The Morgan fingerprint density at radius 2 is 1.00 bits per heavy atom. The molecule has 0 unspecified atom stereocenters. The van der Waals surface area contributed by atoms with Gasteiger partial charge >= 0.3 is 18.7 Å². The summed E-state index contributed by atoms with van der Waals surface area (Å²) < 4.78 is 94.6. The fourth-order valence-corrected chi connectivity index (χ4v) is 5.02. The van der Waals surface area contributed by atoms with E-state index in [0.717, 1.165) is 27.8 Å². The van der Waals surface area contributed by atoms with Crippen LogP contribution >= 0.6 is 0 Å². The van der Waals surface area contributed by atoms with Crippen molar-refractivity contribution in [2.24, 2.45) is 0 Å². The molecular formula is C38H28F6O6. The Kier molecular flexibility index (Phi) is 10.7. The topological polar surface area (TPSA) is 74.2 Å². The second-order valence-corrected chi connectivity index (χ2v) is 10.8. The normalized spacial score (nSPS) is 11.4. The van der Waals surface area contributed by atoms with E-state index in [2.05, 4.69) is 9.47 Å². The summed E-state index contributed by atoms with van der Waals surface area (Å²) in [7, 11) is 0. The predicted octanol–water partition coefficient (Wildman–Crippen LogP) is 10.1. The largest absolute Gasteiger partial charge is 0.573 e. The van der Waals surface area contributed by atoms with E-state index in [4.69, 9.17) is 14.6 Å². The van der Waals surface area contributed by atoms with Gasteiger partial charge in [-0.3, -0.25) is 0 Å². The predicted molar refractivity (Wildman–Crippen MR) is 174 cm³/mol. The summed E-state index contributed by atoms with van der Waals surface area (Å²) in [6.45, 7) is 1.44. The van der Waals surface area contributed by atoms with E-state index >= 15 is 0 Å². The maximum atomic E-state index is 12.6. The lowest BCUT2D eigenvalue weighted by molar-refractivity contribution is -0.275. The average Bonchev–Trinajstić information content (AvgIpc) is 3.06. The number of ether oxygens (including phenoxy) is 4. The van der Waals surface area contributed by atoms with Crippen molar-refractivity contribution in [3.8, 4) is 45.3 Å². The fourth-order valence-electron chi connectivity index (χ4n) is 5.02. The van der Waals surface area contributed by atoms with Gasteiger partial charge in [0.15, 0.2) is 6.61 Å². The summed E-state index contributed by atoms with van der Waals surface area (Å²) in [5.41, 5.74) is 5.99. The van der Waals surface area contributed by atoms with E-state index in [0.29, 0.717) is 28.2 Å². The highest BCUT2D eigenvalue weighted by atomic mass is 19.4. The van der Waals surface area contributed by atoms with Gasteiger partial charge in [-0.25, -0.2) is 4.79 Å². The van der Waals surface area contributed by atoms with Crippen LogP contribution in [0.25, 0.3) is 27.8 Å². The number of benzene rings is 5. The van der Waals surface area contributed by atoms with Gasteiger partial charge in [0.25, 0.3) is 0 Å². The highest BCUT2D eigenvalue weighted by molar-refractivity contribution is 5.82. The molecule has 5 rings (SSSR count). The number of carboxylic acids is 1. The van der Waals surface area contributed by atoms with Crippen LogP contribution in [0.5, 0.6) is 23.0 Å². The zero-order valence-corrected chi connectivity index (χ0v) is 26.2. The first kappa shape index (κ1) is 35.4. The van der Waals surface area contributed by atoms with E-state index in [-0.39, 0.29) is 18.1 Å². The monoisotopic (exact) mass is 694 g/mol. The van der Waals surface area contributed by atoms with Gasteiger partial charge in [-0.2, -0.15) is 0 Å². The van der Waals surface area contributed by atoms with Crippen LogP contribution in [0.1, 0.15) is 16.7 Å². The number of aliphatic carboxylic acids is 1.